The molecule has 3 nitrogen and oxygen atoms in total. The molecule has 0 amide bonds. The summed E-state index contributed by atoms with van der Waals surface area (Å²) in [6, 6.07) is 0. The van der Waals surface area contributed by atoms with Gasteiger partial charge in [0.25, 0.3) is 0 Å². The van der Waals surface area contributed by atoms with E-state index in [1.807, 2.05) is 0 Å². The predicted octanol–water partition coefficient (Wildman–Crippen LogP) is 2.43. The third-order valence-electron chi connectivity index (χ3n) is 3.58. The first-order valence-corrected chi connectivity index (χ1v) is 5.54. The van der Waals surface area contributed by atoms with Crippen LogP contribution in [0.5, 0.6) is 0 Å². The lowest BCUT2D eigenvalue weighted by atomic mass is 9.67. The third kappa shape index (κ3) is 3.99. The molecule has 3 N–H and O–H groups in total. The highest BCUT2D eigenvalue weighted by molar-refractivity contribution is 5.85. The van der Waals surface area contributed by atoms with Crippen molar-refractivity contribution < 1.29 is 9.90 Å². The predicted molar refractivity (Wildman–Crippen MR) is 63.2 cm³/mol. The molecule has 0 aromatic rings. The number of halogens is 1. The van der Waals surface area contributed by atoms with E-state index >= 15 is 0 Å². The van der Waals surface area contributed by atoms with E-state index in [2.05, 4.69) is 6.92 Å². The number of nitrogens with two attached hydrogens (primary N) is 1. The van der Waals surface area contributed by atoms with Crippen molar-refractivity contribution >= 4 is 18.4 Å². The highest BCUT2D eigenvalue weighted by Gasteiger charge is 2.36. The number of rotatable bonds is 4. The normalized spacial score (nSPS) is 30.7. The lowest BCUT2D eigenvalue weighted by Gasteiger charge is -2.39. The second-order valence-corrected chi connectivity index (χ2v) is 4.65. The summed E-state index contributed by atoms with van der Waals surface area (Å²) < 4.78 is 0. The zero-order valence-electron chi connectivity index (χ0n) is 9.37. The van der Waals surface area contributed by atoms with Crippen molar-refractivity contribution in [1.82, 2.24) is 0 Å². The van der Waals surface area contributed by atoms with E-state index in [9.17, 15) is 4.79 Å². The van der Waals surface area contributed by atoms with Crippen LogP contribution < -0.4 is 5.73 Å². The summed E-state index contributed by atoms with van der Waals surface area (Å²) >= 11 is 0. The van der Waals surface area contributed by atoms with Gasteiger partial charge in [-0.2, -0.15) is 0 Å². The molecule has 15 heavy (non-hydrogen) atoms. The molecule has 1 aliphatic carbocycles. The summed E-state index contributed by atoms with van der Waals surface area (Å²) in [5.74, 6) is -0.0150. The average Bonchev–Trinajstić information content (AvgIpc) is 2.17. The molecule has 2 atom stereocenters. The molecule has 1 fully saturated rings. The molecule has 4 heteroatoms. The fourth-order valence-electron chi connectivity index (χ4n) is 2.67. The maximum Gasteiger partial charge on any atom is 0.303 e. The monoisotopic (exact) mass is 235 g/mol. The number of carboxylic acids is 1. The zero-order valence-corrected chi connectivity index (χ0v) is 10.2. The molecule has 2 unspecified atom stereocenters. The van der Waals surface area contributed by atoms with Crippen molar-refractivity contribution in [3.05, 3.63) is 0 Å². The third-order valence-corrected chi connectivity index (χ3v) is 3.58. The van der Waals surface area contributed by atoms with Gasteiger partial charge in [-0.25, -0.2) is 0 Å². The molecule has 1 aliphatic rings. The first-order chi connectivity index (χ1) is 6.62. The van der Waals surface area contributed by atoms with Crippen molar-refractivity contribution in [2.24, 2.45) is 17.1 Å². The minimum Gasteiger partial charge on any atom is -0.481 e. The van der Waals surface area contributed by atoms with Crippen LogP contribution >= 0.6 is 12.4 Å². The van der Waals surface area contributed by atoms with Crippen molar-refractivity contribution in [2.45, 2.75) is 45.4 Å². The number of carboxylic acid groups (broad SMARTS) is 1. The zero-order chi connectivity index (χ0) is 10.6. The van der Waals surface area contributed by atoms with Crippen molar-refractivity contribution in [3.63, 3.8) is 0 Å². The summed E-state index contributed by atoms with van der Waals surface area (Å²) in [5.41, 5.74) is 5.63. The van der Waals surface area contributed by atoms with E-state index < -0.39 is 5.97 Å². The molecule has 0 aromatic carbocycles. The Hall–Kier alpha value is -0.280. The molecule has 90 valence electrons. The maximum absolute atomic E-state index is 10.8. The summed E-state index contributed by atoms with van der Waals surface area (Å²) in [6.07, 6.45) is 5.79. The van der Waals surface area contributed by atoms with E-state index in [1.165, 1.54) is 6.42 Å². The van der Waals surface area contributed by atoms with Crippen LogP contribution in [-0.4, -0.2) is 17.6 Å². The van der Waals surface area contributed by atoms with Crippen LogP contribution in [0.1, 0.15) is 45.4 Å². The van der Waals surface area contributed by atoms with Crippen LogP contribution in [0, 0.1) is 11.3 Å². The minimum absolute atomic E-state index is 0. The maximum atomic E-state index is 10.8. The Labute approximate surface area is 97.8 Å². The summed E-state index contributed by atoms with van der Waals surface area (Å²) in [5, 5.41) is 8.87. The summed E-state index contributed by atoms with van der Waals surface area (Å²) in [4.78, 5) is 10.8. The molecule has 0 spiro atoms. The molecule has 0 heterocycles. The van der Waals surface area contributed by atoms with Crippen LogP contribution in [0.2, 0.25) is 0 Å². The van der Waals surface area contributed by atoms with E-state index in [-0.39, 0.29) is 24.2 Å². The molecule has 0 aliphatic heterocycles. The molecule has 1 saturated carbocycles. The van der Waals surface area contributed by atoms with E-state index in [0.717, 1.165) is 25.7 Å². The first-order valence-electron chi connectivity index (χ1n) is 5.54. The second kappa shape index (κ2) is 6.33. The highest BCUT2D eigenvalue weighted by Crippen LogP contribution is 2.42. The van der Waals surface area contributed by atoms with Crippen LogP contribution in [-0.2, 0) is 4.79 Å². The Morgan fingerprint density at radius 1 is 1.60 bits per heavy atom. The molecule has 0 saturated heterocycles. The quantitative estimate of drug-likeness (QED) is 0.787. The number of carbonyl (C=O) groups is 1. The Kier molecular flexibility index (Phi) is 6.22. The lowest BCUT2D eigenvalue weighted by Crippen LogP contribution is -2.37. The topological polar surface area (TPSA) is 63.3 Å². The van der Waals surface area contributed by atoms with Gasteiger partial charge in [0.1, 0.15) is 0 Å². The lowest BCUT2D eigenvalue weighted by molar-refractivity contribution is -0.140. The number of aliphatic carboxylic acids is 1. The van der Waals surface area contributed by atoms with Gasteiger partial charge in [-0.3, -0.25) is 4.79 Å². The fourth-order valence-corrected chi connectivity index (χ4v) is 2.67. The Bertz CT molecular complexity index is 211. The standard InChI is InChI=1S/C11H21NO2.ClH/c1-2-9-4-3-5-11(6-9,8-12)7-10(13)14;/h9H,2-8,12H2,1H3,(H,13,14);1H. The Morgan fingerprint density at radius 3 is 2.73 bits per heavy atom. The molecule has 0 bridgehead atoms. The molecular formula is C11H22ClNO2. The first kappa shape index (κ1) is 14.7. The van der Waals surface area contributed by atoms with Gasteiger partial charge in [-0.1, -0.05) is 26.2 Å². The van der Waals surface area contributed by atoms with Crippen molar-refractivity contribution in [2.75, 3.05) is 6.54 Å². The van der Waals surface area contributed by atoms with Gasteiger partial charge in [-0.15, -0.1) is 12.4 Å². The summed E-state index contributed by atoms with van der Waals surface area (Å²) in [6.45, 7) is 2.70. The van der Waals surface area contributed by atoms with E-state index in [4.69, 9.17) is 10.8 Å². The average molecular weight is 236 g/mol. The second-order valence-electron chi connectivity index (χ2n) is 4.65. The Balaban J connectivity index is 0.00000196. The number of hydrogen-bond donors (Lipinski definition) is 2. The van der Waals surface area contributed by atoms with Crippen LogP contribution in [0.3, 0.4) is 0 Å². The minimum atomic E-state index is -0.702. The number of hydrogen-bond acceptors (Lipinski definition) is 2. The fraction of sp³-hybridized carbons (Fsp3) is 0.909. The Morgan fingerprint density at radius 2 is 2.27 bits per heavy atom. The van der Waals surface area contributed by atoms with Crippen molar-refractivity contribution in [1.29, 1.82) is 0 Å². The van der Waals surface area contributed by atoms with Gasteiger partial charge in [0.15, 0.2) is 0 Å². The van der Waals surface area contributed by atoms with E-state index in [1.54, 1.807) is 0 Å². The van der Waals surface area contributed by atoms with Crippen LogP contribution in [0.25, 0.3) is 0 Å². The summed E-state index contributed by atoms with van der Waals surface area (Å²) in [7, 11) is 0. The van der Waals surface area contributed by atoms with Gasteiger partial charge in [-0.05, 0) is 30.7 Å². The van der Waals surface area contributed by atoms with E-state index in [0.29, 0.717) is 12.5 Å². The molecule has 1 rings (SSSR count). The molecular weight excluding hydrogens is 214 g/mol. The highest BCUT2D eigenvalue weighted by atomic mass is 35.5. The largest absolute Gasteiger partial charge is 0.481 e. The van der Waals surface area contributed by atoms with Crippen molar-refractivity contribution in [3.8, 4) is 0 Å². The van der Waals surface area contributed by atoms with Gasteiger partial charge in [0.2, 0.25) is 0 Å². The van der Waals surface area contributed by atoms with Gasteiger partial charge in [0, 0.05) is 0 Å². The molecule has 0 aromatic heterocycles. The smallest absolute Gasteiger partial charge is 0.303 e. The van der Waals surface area contributed by atoms with Crippen LogP contribution in [0.15, 0.2) is 0 Å². The molecule has 0 radical (unpaired) electrons. The van der Waals surface area contributed by atoms with Crippen LogP contribution in [0.4, 0.5) is 0 Å². The van der Waals surface area contributed by atoms with Gasteiger partial charge < -0.3 is 10.8 Å². The van der Waals surface area contributed by atoms with Gasteiger partial charge in [0.05, 0.1) is 6.42 Å². The van der Waals surface area contributed by atoms with Gasteiger partial charge >= 0.3 is 5.97 Å². The SMILES string of the molecule is CCC1CCCC(CN)(CC(=O)O)C1.Cl.